The maximum absolute atomic E-state index is 5.84. The van der Waals surface area contributed by atoms with Crippen molar-refractivity contribution in [2.75, 3.05) is 5.73 Å². The molecule has 6 heteroatoms. The van der Waals surface area contributed by atoms with Gasteiger partial charge in [0.15, 0.2) is 0 Å². The largest absolute Gasteiger partial charge is 0.383 e. The molecule has 0 saturated carbocycles. The molecule has 2 N–H and O–H groups in total. The molecule has 6 nitrogen and oxygen atoms in total. The predicted molar refractivity (Wildman–Crippen MR) is 65.1 cm³/mol. The fourth-order valence-electron chi connectivity index (χ4n) is 1.98. The van der Waals surface area contributed by atoms with Crippen LogP contribution in [-0.4, -0.2) is 24.5 Å². The molecule has 3 aromatic rings. The van der Waals surface area contributed by atoms with E-state index in [2.05, 4.69) is 15.2 Å². The Morgan fingerprint density at radius 2 is 1.94 bits per heavy atom. The second-order valence-corrected chi connectivity index (χ2v) is 3.99. The number of nitrogen functional groups attached to an aromatic ring is 1. The highest BCUT2D eigenvalue weighted by molar-refractivity contribution is 5.98. The normalized spacial score (nSPS) is 11.2. The summed E-state index contributed by atoms with van der Waals surface area (Å²) >= 11 is 0. The van der Waals surface area contributed by atoms with Crippen LogP contribution in [0.25, 0.3) is 22.0 Å². The molecule has 0 unspecified atom stereocenters. The quantitative estimate of drug-likeness (QED) is 0.673. The molecule has 0 aliphatic heterocycles. The number of nitrogens with two attached hydrogens (primary N) is 1. The van der Waals surface area contributed by atoms with E-state index in [1.807, 2.05) is 20.3 Å². The van der Waals surface area contributed by atoms with E-state index in [4.69, 9.17) is 5.73 Å². The van der Waals surface area contributed by atoms with Crippen LogP contribution >= 0.6 is 0 Å². The molecule has 0 fully saturated rings. The highest BCUT2D eigenvalue weighted by atomic mass is 15.3. The van der Waals surface area contributed by atoms with Crippen molar-refractivity contribution in [2.24, 2.45) is 14.1 Å². The number of hydrogen-bond donors (Lipinski definition) is 1. The van der Waals surface area contributed by atoms with Crippen molar-refractivity contribution in [1.82, 2.24) is 24.5 Å². The summed E-state index contributed by atoms with van der Waals surface area (Å²) in [7, 11) is 3.77. The average Bonchev–Trinajstić information content (AvgIpc) is 2.88. The van der Waals surface area contributed by atoms with Crippen LogP contribution in [0.15, 0.2) is 24.8 Å². The van der Waals surface area contributed by atoms with Gasteiger partial charge in [-0.3, -0.25) is 9.36 Å². The van der Waals surface area contributed by atoms with Gasteiger partial charge in [-0.25, -0.2) is 4.98 Å². The highest BCUT2D eigenvalue weighted by Gasteiger charge is 2.12. The first-order valence-corrected chi connectivity index (χ1v) is 5.22. The number of aryl methyl sites for hydroxylation is 2. The van der Waals surface area contributed by atoms with Crippen LogP contribution in [0.2, 0.25) is 0 Å². The number of rotatable bonds is 1. The lowest BCUT2D eigenvalue weighted by Gasteiger charge is -2.03. The molecule has 86 valence electrons. The SMILES string of the molecule is Cn1cc(-c2cnc(N)c3cnn(C)c23)cn1. The zero-order valence-electron chi connectivity index (χ0n) is 9.62. The van der Waals surface area contributed by atoms with Crippen LogP contribution in [0.3, 0.4) is 0 Å². The Balaban J connectivity index is 2.37. The van der Waals surface area contributed by atoms with Crippen LogP contribution in [0.1, 0.15) is 0 Å². The lowest BCUT2D eigenvalue weighted by molar-refractivity contribution is 0.768. The second kappa shape index (κ2) is 3.31. The lowest BCUT2D eigenvalue weighted by Crippen LogP contribution is -1.95. The molecule has 3 aromatic heterocycles. The summed E-state index contributed by atoms with van der Waals surface area (Å²) in [5.41, 5.74) is 8.81. The maximum Gasteiger partial charge on any atom is 0.134 e. The van der Waals surface area contributed by atoms with Crippen LogP contribution in [0.5, 0.6) is 0 Å². The van der Waals surface area contributed by atoms with E-state index in [-0.39, 0.29) is 0 Å². The van der Waals surface area contributed by atoms with E-state index in [0.29, 0.717) is 5.82 Å². The summed E-state index contributed by atoms with van der Waals surface area (Å²) < 4.78 is 3.56. The molecule has 3 rings (SSSR count). The minimum absolute atomic E-state index is 0.501. The Hall–Kier alpha value is -2.37. The Labute approximate surface area is 97.7 Å². The number of fused-ring (bicyclic) bond motifs is 1. The smallest absolute Gasteiger partial charge is 0.134 e. The van der Waals surface area contributed by atoms with Crippen molar-refractivity contribution in [1.29, 1.82) is 0 Å². The van der Waals surface area contributed by atoms with Gasteiger partial charge in [0.05, 0.1) is 23.3 Å². The van der Waals surface area contributed by atoms with Gasteiger partial charge in [0.1, 0.15) is 5.82 Å². The molecule has 0 spiro atoms. The van der Waals surface area contributed by atoms with E-state index in [0.717, 1.165) is 22.0 Å². The monoisotopic (exact) mass is 228 g/mol. The first kappa shape index (κ1) is 9.83. The van der Waals surface area contributed by atoms with E-state index in [9.17, 15) is 0 Å². The molecule has 3 heterocycles. The minimum atomic E-state index is 0.501. The average molecular weight is 228 g/mol. The van der Waals surface area contributed by atoms with Gasteiger partial charge in [-0.15, -0.1) is 0 Å². The number of hydrogen-bond acceptors (Lipinski definition) is 4. The molecule has 0 bridgehead atoms. The minimum Gasteiger partial charge on any atom is -0.383 e. The first-order valence-electron chi connectivity index (χ1n) is 5.22. The summed E-state index contributed by atoms with van der Waals surface area (Å²) in [6, 6.07) is 0. The predicted octanol–water partition coefficient (Wildman–Crippen LogP) is 0.951. The number of anilines is 1. The van der Waals surface area contributed by atoms with Gasteiger partial charge in [-0.05, 0) is 0 Å². The lowest BCUT2D eigenvalue weighted by atomic mass is 10.1. The Kier molecular flexibility index (Phi) is 1.91. The van der Waals surface area contributed by atoms with Crippen LogP contribution in [0.4, 0.5) is 5.82 Å². The summed E-state index contributed by atoms with van der Waals surface area (Å²) in [4.78, 5) is 4.19. The van der Waals surface area contributed by atoms with Gasteiger partial charge in [-0.2, -0.15) is 10.2 Å². The van der Waals surface area contributed by atoms with Gasteiger partial charge >= 0.3 is 0 Å². The Bertz CT molecular complexity index is 693. The molecule has 17 heavy (non-hydrogen) atoms. The standard InChI is InChI=1S/C11H12N6/c1-16-6-7(3-14-16)8-4-13-11(12)9-5-15-17(2)10(8)9/h3-6H,1-2H3,(H2,12,13). The van der Waals surface area contributed by atoms with E-state index >= 15 is 0 Å². The van der Waals surface area contributed by atoms with Crippen molar-refractivity contribution >= 4 is 16.7 Å². The van der Waals surface area contributed by atoms with E-state index in [1.165, 1.54) is 0 Å². The number of aromatic nitrogens is 5. The van der Waals surface area contributed by atoms with Gasteiger partial charge in [-0.1, -0.05) is 0 Å². The zero-order valence-corrected chi connectivity index (χ0v) is 9.62. The third-order valence-corrected chi connectivity index (χ3v) is 2.82. The van der Waals surface area contributed by atoms with Crippen molar-refractivity contribution in [3.8, 4) is 11.1 Å². The van der Waals surface area contributed by atoms with Crippen molar-refractivity contribution in [3.05, 3.63) is 24.8 Å². The molecule has 0 aliphatic rings. The molecular formula is C11H12N6. The van der Waals surface area contributed by atoms with Gasteiger partial charge in [0.25, 0.3) is 0 Å². The van der Waals surface area contributed by atoms with Gasteiger partial charge in [0.2, 0.25) is 0 Å². The molecular weight excluding hydrogens is 216 g/mol. The molecule has 0 atom stereocenters. The molecule has 0 amide bonds. The van der Waals surface area contributed by atoms with Crippen LogP contribution in [-0.2, 0) is 14.1 Å². The van der Waals surface area contributed by atoms with E-state index in [1.54, 1.807) is 28.0 Å². The Morgan fingerprint density at radius 3 is 2.65 bits per heavy atom. The van der Waals surface area contributed by atoms with Crippen LogP contribution in [0, 0.1) is 0 Å². The number of pyridine rings is 1. The first-order chi connectivity index (χ1) is 8.16. The number of nitrogens with zero attached hydrogens (tertiary/aromatic N) is 5. The summed E-state index contributed by atoms with van der Waals surface area (Å²) in [6.07, 6.45) is 7.24. The van der Waals surface area contributed by atoms with Crippen molar-refractivity contribution in [3.63, 3.8) is 0 Å². The van der Waals surface area contributed by atoms with Gasteiger partial charge in [0, 0.05) is 37.6 Å². The molecule has 0 aromatic carbocycles. The third kappa shape index (κ3) is 1.37. The molecule has 0 saturated heterocycles. The molecule has 0 aliphatic carbocycles. The topological polar surface area (TPSA) is 74.6 Å². The summed E-state index contributed by atoms with van der Waals surface area (Å²) in [6.45, 7) is 0. The highest BCUT2D eigenvalue weighted by Crippen LogP contribution is 2.29. The summed E-state index contributed by atoms with van der Waals surface area (Å²) in [5, 5.41) is 9.25. The van der Waals surface area contributed by atoms with Crippen molar-refractivity contribution < 1.29 is 0 Å². The van der Waals surface area contributed by atoms with Crippen LogP contribution < -0.4 is 5.73 Å². The van der Waals surface area contributed by atoms with Gasteiger partial charge < -0.3 is 5.73 Å². The Morgan fingerprint density at radius 1 is 1.12 bits per heavy atom. The summed E-state index contributed by atoms with van der Waals surface area (Å²) in [5.74, 6) is 0.501. The zero-order chi connectivity index (χ0) is 12.0. The maximum atomic E-state index is 5.84. The van der Waals surface area contributed by atoms with Crippen molar-refractivity contribution in [2.45, 2.75) is 0 Å². The fraction of sp³-hybridized carbons (Fsp3) is 0.182. The third-order valence-electron chi connectivity index (χ3n) is 2.82. The molecule has 0 radical (unpaired) electrons. The fourth-order valence-corrected chi connectivity index (χ4v) is 1.98. The van der Waals surface area contributed by atoms with E-state index < -0.39 is 0 Å². The second-order valence-electron chi connectivity index (χ2n) is 3.99.